The van der Waals surface area contributed by atoms with Gasteiger partial charge in [0.25, 0.3) is 0 Å². The van der Waals surface area contributed by atoms with E-state index in [4.69, 9.17) is 4.74 Å². The second kappa shape index (κ2) is 6.99. The van der Waals surface area contributed by atoms with Crippen molar-refractivity contribution < 1.29 is 9.13 Å². The molecule has 0 radical (unpaired) electrons. The smallest absolute Gasteiger partial charge is 0.243 e. The van der Waals surface area contributed by atoms with E-state index in [1.165, 1.54) is 19.4 Å². The maximum Gasteiger partial charge on any atom is 0.243 e. The van der Waals surface area contributed by atoms with Crippen LogP contribution in [0.2, 0.25) is 0 Å². The summed E-state index contributed by atoms with van der Waals surface area (Å²) in [4.78, 5) is 8.75. The Hall–Kier alpha value is -3.09. The Morgan fingerprint density at radius 2 is 2.04 bits per heavy atom. The molecule has 0 saturated heterocycles. The molecule has 0 aliphatic rings. The third-order valence-corrected chi connectivity index (χ3v) is 3.38. The Balaban J connectivity index is 1.78. The highest BCUT2D eigenvalue weighted by Gasteiger charge is 2.08. The molecule has 0 fully saturated rings. The van der Waals surface area contributed by atoms with Gasteiger partial charge in [0.05, 0.1) is 31.2 Å². The Labute approximate surface area is 138 Å². The molecular formula is C17H16FN5O. The second-order valence-electron chi connectivity index (χ2n) is 5.14. The molecule has 0 atom stereocenters. The van der Waals surface area contributed by atoms with Crippen molar-refractivity contribution in [2.24, 2.45) is 0 Å². The van der Waals surface area contributed by atoms with Crippen molar-refractivity contribution in [2.45, 2.75) is 13.5 Å². The second-order valence-corrected chi connectivity index (χ2v) is 5.14. The summed E-state index contributed by atoms with van der Waals surface area (Å²) < 4.78 is 18.7. The van der Waals surface area contributed by atoms with Gasteiger partial charge in [-0.2, -0.15) is 5.10 Å². The predicted molar refractivity (Wildman–Crippen MR) is 88.1 cm³/mol. The van der Waals surface area contributed by atoms with Gasteiger partial charge in [-0.3, -0.25) is 4.98 Å². The zero-order valence-electron chi connectivity index (χ0n) is 13.3. The van der Waals surface area contributed by atoms with Crippen LogP contribution in [0.3, 0.4) is 0 Å². The molecule has 2 aromatic heterocycles. The lowest BCUT2D eigenvalue weighted by Gasteiger charge is -2.07. The van der Waals surface area contributed by atoms with E-state index in [-0.39, 0.29) is 5.75 Å². The van der Waals surface area contributed by atoms with Gasteiger partial charge in [0, 0.05) is 11.3 Å². The van der Waals surface area contributed by atoms with Crippen LogP contribution in [-0.2, 0) is 6.54 Å². The number of nitrogens with one attached hydrogen (secondary N) is 1. The molecule has 6 nitrogen and oxygen atoms in total. The Morgan fingerprint density at radius 3 is 2.79 bits per heavy atom. The summed E-state index contributed by atoms with van der Waals surface area (Å²) >= 11 is 0. The highest BCUT2D eigenvalue weighted by Crippen LogP contribution is 2.24. The van der Waals surface area contributed by atoms with Gasteiger partial charge in [0.2, 0.25) is 5.95 Å². The van der Waals surface area contributed by atoms with Gasteiger partial charge in [0.15, 0.2) is 11.6 Å². The van der Waals surface area contributed by atoms with Crippen LogP contribution in [0.4, 0.5) is 10.3 Å². The first kappa shape index (κ1) is 15.8. The Kier molecular flexibility index (Phi) is 4.60. The predicted octanol–water partition coefficient (Wildman–Crippen LogP) is 3.00. The maximum atomic E-state index is 13.8. The summed E-state index contributed by atoms with van der Waals surface area (Å²) in [6.07, 6.45) is 1.48. The van der Waals surface area contributed by atoms with E-state index < -0.39 is 5.82 Å². The summed E-state index contributed by atoms with van der Waals surface area (Å²) in [5.41, 5.74) is 2.93. The first-order chi connectivity index (χ1) is 11.7. The molecule has 24 heavy (non-hydrogen) atoms. The molecule has 3 rings (SSSR count). The molecule has 0 aliphatic carbocycles. The van der Waals surface area contributed by atoms with Gasteiger partial charge in [-0.1, -0.05) is 6.07 Å². The van der Waals surface area contributed by atoms with Crippen LogP contribution >= 0.6 is 0 Å². The van der Waals surface area contributed by atoms with E-state index in [1.54, 1.807) is 12.1 Å². The van der Waals surface area contributed by atoms with Crippen molar-refractivity contribution >= 4 is 5.95 Å². The van der Waals surface area contributed by atoms with Crippen LogP contribution in [-0.4, -0.2) is 27.3 Å². The van der Waals surface area contributed by atoms with Crippen LogP contribution < -0.4 is 10.1 Å². The summed E-state index contributed by atoms with van der Waals surface area (Å²) in [6, 6.07) is 10.4. The number of methoxy groups -OCH3 is 1. The van der Waals surface area contributed by atoms with Crippen LogP contribution in [0.1, 0.15) is 11.4 Å². The fourth-order valence-electron chi connectivity index (χ4n) is 2.21. The molecule has 7 heteroatoms. The largest absolute Gasteiger partial charge is 0.494 e. The maximum absolute atomic E-state index is 13.8. The molecule has 0 spiro atoms. The minimum absolute atomic E-state index is 0.185. The van der Waals surface area contributed by atoms with Gasteiger partial charge >= 0.3 is 0 Å². The Morgan fingerprint density at radius 1 is 1.17 bits per heavy atom. The third kappa shape index (κ3) is 3.62. The minimum atomic E-state index is -0.452. The number of halogens is 1. The fourth-order valence-corrected chi connectivity index (χ4v) is 2.21. The number of rotatable bonds is 5. The van der Waals surface area contributed by atoms with Crippen molar-refractivity contribution in [3.8, 4) is 17.0 Å². The molecule has 0 saturated carbocycles. The van der Waals surface area contributed by atoms with Crippen LogP contribution in [0.15, 0.2) is 42.6 Å². The first-order valence-electron chi connectivity index (χ1n) is 7.36. The Bertz CT molecular complexity index is 856. The van der Waals surface area contributed by atoms with Gasteiger partial charge in [-0.15, -0.1) is 5.10 Å². The fraction of sp³-hybridized carbons (Fsp3) is 0.176. The number of hydrogen-bond acceptors (Lipinski definition) is 6. The molecule has 1 aromatic carbocycles. The average molecular weight is 325 g/mol. The van der Waals surface area contributed by atoms with Crippen LogP contribution in [0, 0.1) is 12.7 Å². The van der Waals surface area contributed by atoms with Crippen molar-refractivity contribution in [3.05, 3.63) is 59.8 Å². The molecule has 0 amide bonds. The lowest BCUT2D eigenvalue weighted by atomic mass is 10.1. The molecule has 1 N–H and O–H groups in total. The minimum Gasteiger partial charge on any atom is -0.494 e. The zero-order valence-corrected chi connectivity index (χ0v) is 13.3. The zero-order chi connectivity index (χ0) is 16.9. The number of anilines is 1. The average Bonchev–Trinajstić information content (AvgIpc) is 2.60. The topological polar surface area (TPSA) is 72.8 Å². The molecule has 122 valence electrons. The molecule has 2 heterocycles. The number of ether oxygens (including phenoxy) is 1. The van der Waals surface area contributed by atoms with Crippen molar-refractivity contribution in [1.82, 2.24) is 20.2 Å². The molecule has 0 bridgehead atoms. The molecular weight excluding hydrogens is 309 g/mol. The summed E-state index contributed by atoms with van der Waals surface area (Å²) in [5.74, 6) is 0.0868. The van der Waals surface area contributed by atoms with E-state index in [0.29, 0.717) is 23.8 Å². The van der Waals surface area contributed by atoms with Gasteiger partial charge in [-0.05, 0) is 37.3 Å². The number of hydrogen-bond donors (Lipinski definition) is 1. The number of nitrogens with zero attached hydrogens (tertiary/aromatic N) is 4. The summed E-state index contributed by atoms with van der Waals surface area (Å²) in [6.45, 7) is 2.41. The molecule has 0 aliphatic heterocycles. The molecule has 0 unspecified atom stereocenters. The number of benzene rings is 1. The lowest BCUT2D eigenvalue weighted by molar-refractivity contribution is 0.386. The van der Waals surface area contributed by atoms with E-state index >= 15 is 0 Å². The van der Waals surface area contributed by atoms with E-state index in [2.05, 4.69) is 25.5 Å². The highest BCUT2D eigenvalue weighted by atomic mass is 19.1. The third-order valence-electron chi connectivity index (χ3n) is 3.38. The van der Waals surface area contributed by atoms with E-state index in [1.807, 2.05) is 25.1 Å². The number of aryl methyl sites for hydroxylation is 1. The van der Waals surface area contributed by atoms with Gasteiger partial charge in [0.1, 0.15) is 0 Å². The van der Waals surface area contributed by atoms with Crippen molar-refractivity contribution in [2.75, 3.05) is 12.4 Å². The van der Waals surface area contributed by atoms with Crippen LogP contribution in [0.5, 0.6) is 5.75 Å². The summed E-state index contributed by atoms with van der Waals surface area (Å²) in [7, 11) is 1.42. The number of aromatic nitrogens is 4. The monoisotopic (exact) mass is 325 g/mol. The standard InChI is InChI=1S/C17H16FN5O/c1-11-4-3-5-13(21-11)9-19-17-22-15(10-20-23-17)12-6-7-16(24-2)14(18)8-12/h3-8,10H,9H2,1-2H3,(H,19,22,23). The van der Waals surface area contributed by atoms with Crippen LogP contribution in [0.25, 0.3) is 11.3 Å². The van der Waals surface area contributed by atoms with Crippen molar-refractivity contribution in [3.63, 3.8) is 0 Å². The summed E-state index contributed by atoms with van der Waals surface area (Å²) in [5, 5.41) is 10.9. The van der Waals surface area contributed by atoms with E-state index in [9.17, 15) is 4.39 Å². The number of pyridine rings is 1. The quantitative estimate of drug-likeness (QED) is 0.777. The normalized spacial score (nSPS) is 10.5. The van der Waals surface area contributed by atoms with Crippen molar-refractivity contribution in [1.29, 1.82) is 0 Å². The van der Waals surface area contributed by atoms with Gasteiger partial charge in [-0.25, -0.2) is 9.37 Å². The van der Waals surface area contributed by atoms with Gasteiger partial charge < -0.3 is 10.1 Å². The first-order valence-corrected chi connectivity index (χ1v) is 7.36. The van der Waals surface area contributed by atoms with E-state index in [0.717, 1.165) is 11.4 Å². The SMILES string of the molecule is COc1ccc(-c2cnnc(NCc3cccc(C)n3)n2)cc1F. The molecule has 3 aromatic rings. The highest BCUT2D eigenvalue weighted by molar-refractivity contribution is 5.60. The lowest BCUT2D eigenvalue weighted by Crippen LogP contribution is -2.07.